The number of hydrogen-bond donors (Lipinski definition) is 2. The highest BCUT2D eigenvalue weighted by molar-refractivity contribution is 5.95. The van der Waals surface area contributed by atoms with Crippen molar-refractivity contribution in [1.29, 1.82) is 5.26 Å². The molecule has 1 aliphatic heterocycles. The summed E-state index contributed by atoms with van der Waals surface area (Å²) in [6, 6.07) is 16.6. The summed E-state index contributed by atoms with van der Waals surface area (Å²) in [5, 5.41) is 15.1. The molecular weight excluding hydrogens is 390 g/mol. The number of nitrogens with one attached hydrogen (secondary N) is 2. The summed E-state index contributed by atoms with van der Waals surface area (Å²) < 4.78 is 0. The van der Waals surface area contributed by atoms with E-state index in [0.717, 1.165) is 30.8 Å². The number of aryl methyl sites for hydroxylation is 1. The van der Waals surface area contributed by atoms with Crippen molar-refractivity contribution in [3.05, 3.63) is 59.7 Å². The zero-order chi connectivity index (χ0) is 22.2. The summed E-state index contributed by atoms with van der Waals surface area (Å²) in [5.41, 5.74) is 2.98. The fourth-order valence-electron chi connectivity index (χ4n) is 3.74. The van der Waals surface area contributed by atoms with Crippen LogP contribution < -0.4 is 10.6 Å². The smallest absolute Gasteiger partial charge is 0.241 e. The molecule has 31 heavy (non-hydrogen) atoms. The predicted molar refractivity (Wildman–Crippen MR) is 122 cm³/mol. The van der Waals surface area contributed by atoms with E-state index in [4.69, 9.17) is 0 Å². The molecule has 0 aliphatic carbocycles. The van der Waals surface area contributed by atoms with Crippen molar-refractivity contribution in [2.75, 3.05) is 43.4 Å². The van der Waals surface area contributed by atoms with Crippen LogP contribution in [0, 0.1) is 11.3 Å². The lowest BCUT2D eigenvalue weighted by Crippen LogP contribution is -2.53. The summed E-state index contributed by atoms with van der Waals surface area (Å²) in [6.45, 7) is 7.11. The summed E-state index contributed by atoms with van der Waals surface area (Å²) in [4.78, 5) is 29.4. The number of carbonyl (C=O) groups is 2. The minimum absolute atomic E-state index is 0.0201. The van der Waals surface area contributed by atoms with E-state index >= 15 is 0 Å². The molecule has 7 heteroatoms. The molecule has 2 aromatic rings. The molecule has 2 aromatic carbocycles. The number of piperazine rings is 1. The molecular formula is C24H29N5O2. The molecule has 0 aromatic heterocycles. The third kappa shape index (κ3) is 5.91. The Morgan fingerprint density at radius 2 is 1.65 bits per heavy atom. The number of carbonyl (C=O) groups excluding carboxylic acids is 2. The summed E-state index contributed by atoms with van der Waals surface area (Å²) in [7, 11) is 0. The third-order valence-electron chi connectivity index (χ3n) is 5.68. The Hall–Kier alpha value is -3.21. The van der Waals surface area contributed by atoms with Crippen LogP contribution in [0.15, 0.2) is 48.5 Å². The van der Waals surface area contributed by atoms with Crippen molar-refractivity contribution in [2.45, 2.75) is 26.3 Å². The average Bonchev–Trinajstić information content (AvgIpc) is 2.79. The number of amides is 2. The Morgan fingerprint density at radius 1 is 1.00 bits per heavy atom. The van der Waals surface area contributed by atoms with Gasteiger partial charge < -0.3 is 10.6 Å². The van der Waals surface area contributed by atoms with Crippen molar-refractivity contribution in [3.8, 4) is 6.07 Å². The van der Waals surface area contributed by atoms with Crippen LogP contribution in [0.4, 0.5) is 11.4 Å². The molecule has 1 unspecified atom stereocenters. The number of hydrogen-bond acceptors (Lipinski definition) is 5. The Bertz CT molecular complexity index is 960. The minimum atomic E-state index is -0.320. The van der Waals surface area contributed by atoms with Crippen LogP contribution in [-0.2, 0) is 16.0 Å². The van der Waals surface area contributed by atoms with Gasteiger partial charge in [0.1, 0.15) is 6.07 Å². The summed E-state index contributed by atoms with van der Waals surface area (Å²) in [6.07, 6.45) is 0.869. The summed E-state index contributed by atoms with van der Waals surface area (Å²) >= 11 is 0. The number of anilines is 2. The lowest BCUT2D eigenvalue weighted by molar-refractivity contribution is -0.122. The zero-order valence-electron chi connectivity index (χ0n) is 18.1. The van der Waals surface area contributed by atoms with Crippen LogP contribution in [0.25, 0.3) is 0 Å². The molecule has 2 amide bonds. The van der Waals surface area contributed by atoms with Crippen LogP contribution in [0.2, 0.25) is 0 Å². The van der Waals surface area contributed by atoms with Gasteiger partial charge in [-0.3, -0.25) is 19.4 Å². The molecule has 1 heterocycles. The third-order valence-corrected chi connectivity index (χ3v) is 5.68. The van der Waals surface area contributed by atoms with Crippen LogP contribution in [0.1, 0.15) is 25.0 Å². The number of nitriles is 1. The molecule has 0 spiro atoms. The lowest BCUT2D eigenvalue weighted by atomic mass is 10.1. The van der Waals surface area contributed by atoms with Gasteiger partial charge in [0, 0.05) is 31.9 Å². The quantitative estimate of drug-likeness (QED) is 0.720. The fraction of sp³-hybridized carbons (Fsp3) is 0.375. The second-order valence-electron chi connectivity index (χ2n) is 7.69. The van der Waals surface area contributed by atoms with Gasteiger partial charge in [-0.25, -0.2) is 0 Å². The molecule has 0 saturated carbocycles. The van der Waals surface area contributed by atoms with Gasteiger partial charge in [-0.1, -0.05) is 37.3 Å². The van der Waals surface area contributed by atoms with Gasteiger partial charge in [-0.15, -0.1) is 0 Å². The SMILES string of the molecule is CCc1ccccc1NC(=O)CN1CCN(C(C)C(=O)Nc2ccccc2C#N)CC1. The van der Waals surface area contributed by atoms with Gasteiger partial charge in [0.25, 0.3) is 0 Å². The molecule has 1 atom stereocenters. The molecule has 3 rings (SSSR count). The lowest BCUT2D eigenvalue weighted by Gasteiger charge is -2.37. The Labute approximate surface area is 183 Å². The maximum Gasteiger partial charge on any atom is 0.241 e. The minimum Gasteiger partial charge on any atom is -0.325 e. The Morgan fingerprint density at radius 3 is 2.32 bits per heavy atom. The second kappa shape index (κ2) is 10.7. The van der Waals surface area contributed by atoms with Gasteiger partial charge in [0.15, 0.2) is 0 Å². The van der Waals surface area contributed by atoms with Crippen molar-refractivity contribution < 1.29 is 9.59 Å². The molecule has 162 valence electrons. The van der Waals surface area contributed by atoms with Gasteiger partial charge >= 0.3 is 0 Å². The fourth-order valence-corrected chi connectivity index (χ4v) is 3.74. The predicted octanol–water partition coefficient (Wildman–Crippen LogP) is 2.70. The first-order chi connectivity index (χ1) is 15.0. The Balaban J connectivity index is 1.48. The summed E-state index contributed by atoms with van der Waals surface area (Å²) in [5.74, 6) is -0.154. The highest BCUT2D eigenvalue weighted by Crippen LogP contribution is 2.17. The second-order valence-corrected chi connectivity index (χ2v) is 7.69. The van der Waals surface area contributed by atoms with Gasteiger partial charge in [-0.2, -0.15) is 5.26 Å². The largest absolute Gasteiger partial charge is 0.325 e. The van der Waals surface area contributed by atoms with E-state index in [1.165, 1.54) is 0 Å². The van der Waals surface area contributed by atoms with Crippen LogP contribution in [0.5, 0.6) is 0 Å². The highest BCUT2D eigenvalue weighted by atomic mass is 16.2. The van der Waals surface area contributed by atoms with E-state index in [-0.39, 0.29) is 17.9 Å². The molecule has 1 aliphatic rings. The maximum absolute atomic E-state index is 12.7. The average molecular weight is 420 g/mol. The number of nitrogens with zero attached hydrogens (tertiary/aromatic N) is 3. The molecule has 7 nitrogen and oxygen atoms in total. The van der Waals surface area contributed by atoms with Gasteiger partial charge in [0.05, 0.1) is 23.8 Å². The number of para-hydroxylation sites is 2. The van der Waals surface area contributed by atoms with E-state index in [0.29, 0.717) is 30.9 Å². The molecule has 1 saturated heterocycles. The Kier molecular flexibility index (Phi) is 7.76. The van der Waals surface area contributed by atoms with E-state index in [1.54, 1.807) is 24.3 Å². The zero-order valence-corrected chi connectivity index (χ0v) is 18.1. The molecule has 1 fully saturated rings. The van der Waals surface area contributed by atoms with E-state index in [2.05, 4.69) is 33.4 Å². The van der Waals surface area contributed by atoms with Crippen molar-refractivity contribution in [3.63, 3.8) is 0 Å². The van der Waals surface area contributed by atoms with Crippen LogP contribution >= 0.6 is 0 Å². The van der Waals surface area contributed by atoms with Gasteiger partial charge in [0.2, 0.25) is 11.8 Å². The first-order valence-corrected chi connectivity index (χ1v) is 10.7. The monoisotopic (exact) mass is 419 g/mol. The number of benzene rings is 2. The first-order valence-electron chi connectivity index (χ1n) is 10.7. The standard InChI is InChI=1S/C24H29N5O2/c1-3-19-8-4-6-10-21(19)26-23(30)17-28-12-14-29(15-13-28)18(2)24(31)27-22-11-7-5-9-20(22)16-25/h4-11,18H,3,12-15,17H2,1-2H3,(H,26,30)(H,27,31). The van der Waals surface area contributed by atoms with Crippen molar-refractivity contribution in [1.82, 2.24) is 9.80 Å². The van der Waals surface area contributed by atoms with Gasteiger partial charge in [-0.05, 0) is 37.1 Å². The topological polar surface area (TPSA) is 88.5 Å². The van der Waals surface area contributed by atoms with E-state index in [9.17, 15) is 14.9 Å². The van der Waals surface area contributed by atoms with Crippen molar-refractivity contribution in [2.24, 2.45) is 0 Å². The number of rotatable bonds is 7. The molecule has 0 radical (unpaired) electrons. The normalized spacial score (nSPS) is 15.6. The maximum atomic E-state index is 12.7. The van der Waals surface area contributed by atoms with Crippen molar-refractivity contribution >= 4 is 23.2 Å². The highest BCUT2D eigenvalue weighted by Gasteiger charge is 2.26. The van der Waals surface area contributed by atoms with E-state index < -0.39 is 0 Å². The molecule has 2 N–H and O–H groups in total. The molecule has 0 bridgehead atoms. The van der Waals surface area contributed by atoms with Crippen LogP contribution in [-0.4, -0.2) is 60.4 Å². The first kappa shape index (κ1) is 22.5. The van der Waals surface area contributed by atoms with Crippen LogP contribution in [0.3, 0.4) is 0 Å². The van der Waals surface area contributed by atoms with E-state index in [1.807, 2.05) is 31.2 Å².